The molecule has 0 atom stereocenters. The van der Waals surface area contributed by atoms with Crippen molar-refractivity contribution in [1.29, 1.82) is 0 Å². The van der Waals surface area contributed by atoms with E-state index >= 15 is 0 Å². The Labute approximate surface area is 44.9 Å². The van der Waals surface area contributed by atoms with Gasteiger partial charge in [-0.15, -0.1) is 0 Å². The average molecular weight is 117 g/mol. The second kappa shape index (κ2) is 225. The van der Waals surface area contributed by atoms with E-state index in [-0.39, 0.29) is 16.5 Å². The summed E-state index contributed by atoms with van der Waals surface area (Å²) in [5.41, 5.74) is 0. The van der Waals surface area contributed by atoms with Crippen LogP contribution in [-0.4, -0.2) is 0 Å². The Morgan fingerprint density at radius 1 is 0.800 bits per heavy atom. The maximum Gasteiger partial charge on any atom is 2.00 e. The minimum atomic E-state index is 0. The molecule has 5 heavy (non-hydrogen) atoms. The van der Waals surface area contributed by atoms with Crippen molar-refractivity contribution in [3.05, 3.63) is 13.8 Å². The summed E-state index contributed by atoms with van der Waals surface area (Å²) in [6, 6.07) is 0. The zero-order valence-corrected chi connectivity index (χ0v) is 4.72. The molecule has 0 aliphatic carbocycles. The fourth-order valence-corrected chi connectivity index (χ4v) is 0. The number of hydrogen-bond acceptors (Lipinski definition) is 0. The van der Waals surface area contributed by atoms with Crippen LogP contribution in [0.25, 0.3) is 0 Å². The van der Waals surface area contributed by atoms with Crippen LogP contribution in [0.15, 0.2) is 0 Å². The fraction of sp³-hybridized carbons (Fsp3) is 0.500. The van der Waals surface area contributed by atoms with Crippen molar-refractivity contribution in [3.8, 4) is 0 Å². The third-order valence-electron chi connectivity index (χ3n) is 0. The first kappa shape index (κ1) is 17.8. The summed E-state index contributed by atoms with van der Waals surface area (Å²) in [6.07, 6.45) is 0. The molecule has 0 heterocycles. The molecule has 0 spiro atoms. The van der Waals surface area contributed by atoms with Crippen LogP contribution >= 0.6 is 0 Å². The maximum atomic E-state index is 3.25. The van der Waals surface area contributed by atoms with E-state index in [2.05, 4.69) is 13.8 Å². The van der Waals surface area contributed by atoms with Crippen LogP contribution in [0, 0.1) is 13.8 Å². The summed E-state index contributed by atoms with van der Waals surface area (Å²) >= 11 is 0. The summed E-state index contributed by atoms with van der Waals surface area (Å²) < 4.78 is 0. The van der Waals surface area contributed by atoms with Gasteiger partial charge in [0.05, 0.1) is 0 Å². The van der Waals surface area contributed by atoms with Crippen LogP contribution in [0.3, 0.4) is 0 Å². The van der Waals surface area contributed by atoms with E-state index in [1.165, 1.54) is 0 Å². The van der Waals surface area contributed by atoms with Crippen LogP contribution in [-0.2, 0) is 16.5 Å². The molecular formula is C4H10Ni. The van der Waals surface area contributed by atoms with Crippen LogP contribution in [0.1, 0.15) is 13.8 Å². The van der Waals surface area contributed by atoms with Gasteiger partial charge in [0.1, 0.15) is 0 Å². The summed E-state index contributed by atoms with van der Waals surface area (Å²) in [5.74, 6) is 0. The summed E-state index contributed by atoms with van der Waals surface area (Å²) in [4.78, 5) is 0. The summed E-state index contributed by atoms with van der Waals surface area (Å²) in [6.45, 7) is 10.0. The SMILES string of the molecule is [CH2-]C.[CH2-]C.[Ni+2]. The Balaban J connectivity index is -0.0000000133. The molecule has 0 N–H and O–H groups in total. The quantitative estimate of drug-likeness (QED) is 0.334. The van der Waals surface area contributed by atoms with Gasteiger partial charge in [-0.1, -0.05) is 0 Å². The standard InChI is InChI=1S/2C2H5.Ni/c2*1-2;/h2*1H2,2H3;/q2*-1;+2. The van der Waals surface area contributed by atoms with Gasteiger partial charge in [0.15, 0.2) is 0 Å². The van der Waals surface area contributed by atoms with Gasteiger partial charge in [-0.25, -0.2) is 0 Å². The van der Waals surface area contributed by atoms with Gasteiger partial charge in [-0.3, -0.25) is 0 Å². The Hall–Kier alpha value is 0.494. The molecular weight excluding hydrogens is 107 g/mol. The van der Waals surface area contributed by atoms with Gasteiger partial charge in [0.25, 0.3) is 0 Å². The van der Waals surface area contributed by atoms with E-state index in [0.717, 1.165) is 0 Å². The van der Waals surface area contributed by atoms with E-state index in [1.807, 2.05) is 0 Å². The average Bonchev–Trinajstić information content (AvgIpc) is 1.50. The molecule has 0 aliphatic heterocycles. The normalized spacial score (nSPS) is 2.40. The summed E-state index contributed by atoms with van der Waals surface area (Å²) in [7, 11) is 0. The first-order valence-electron chi connectivity index (χ1n) is 1.41. The van der Waals surface area contributed by atoms with Crippen LogP contribution < -0.4 is 0 Å². The first-order valence-corrected chi connectivity index (χ1v) is 1.41. The topological polar surface area (TPSA) is 0 Å². The minimum Gasteiger partial charge on any atom is -0.346 e. The van der Waals surface area contributed by atoms with Crippen LogP contribution in [0.2, 0.25) is 0 Å². The molecule has 0 fully saturated rings. The summed E-state index contributed by atoms with van der Waals surface area (Å²) in [5, 5.41) is 0. The smallest absolute Gasteiger partial charge is 0.346 e. The van der Waals surface area contributed by atoms with Crippen LogP contribution in [0.4, 0.5) is 0 Å². The van der Waals surface area contributed by atoms with Gasteiger partial charge in [0, 0.05) is 0 Å². The van der Waals surface area contributed by atoms with E-state index in [1.54, 1.807) is 13.8 Å². The van der Waals surface area contributed by atoms with Gasteiger partial charge in [-0.05, 0) is 0 Å². The van der Waals surface area contributed by atoms with Crippen molar-refractivity contribution in [3.63, 3.8) is 0 Å². The zero-order valence-electron chi connectivity index (χ0n) is 3.73. The predicted octanol–water partition coefficient (Wildman–Crippen LogP) is 1.68. The fourth-order valence-electron chi connectivity index (χ4n) is 0. The van der Waals surface area contributed by atoms with E-state index in [4.69, 9.17) is 0 Å². The maximum absolute atomic E-state index is 3.25. The van der Waals surface area contributed by atoms with Crippen molar-refractivity contribution in [1.82, 2.24) is 0 Å². The Morgan fingerprint density at radius 3 is 0.800 bits per heavy atom. The largest absolute Gasteiger partial charge is 2.00 e. The van der Waals surface area contributed by atoms with Gasteiger partial charge in [0.2, 0.25) is 0 Å². The van der Waals surface area contributed by atoms with E-state index in [0.29, 0.717) is 0 Å². The molecule has 0 amide bonds. The van der Waals surface area contributed by atoms with Crippen LogP contribution in [0.5, 0.6) is 0 Å². The number of hydrogen-bond donors (Lipinski definition) is 0. The van der Waals surface area contributed by atoms with Gasteiger partial charge < -0.3 is 13.8 Å². The van der Waals surface area contributed by atoms with Crippen molar-refractivity contribution >= 4 is 0 Å². The van der Waals surface area contributed by atoms with Crippen molar-refractivity contribution in [2.24, 2.45) is 0 Å². The predicted molar refractivity (Wildman–Crippen MR) is 22.1 cm³/mol. The van der Waals surface area contributed by atoms with Crippen molar-refractivity contribution < 1.29 is 16.5 Å². The monoisotopic (exact) mass is 116 g/mol. The van der Waals surface area contributed by atoms with E-state index in [9.17, 15) is 0 Å². The van der Waals surface area contributed by atoms with Gasteiger partial charge in [-0.2, -0.15) is 13.8 Å². The molecule has 0 aliphatic rings. The Bertz CT molecular complexity index is 3.61. The second-order valence-corrected chi connectivity index (χ2v) is 0. The Morgan fingerprint density at radius 2 is 0.800 bits per heavy atom. The third kappa shape index (κ3) is 115. The van der Waals surface area contributed by atoms with E-state index < -0.39 is 0 Å². The molecule has 0 nitrogen and oxygen atoms in total. The molecule has 0 rings (SSSR count). The second-order valence-electron chi connectivity index (χ2n) is 0. The molecule has 0 aromatic rings. The third-order valence-corrected chi connectivity index (χ3v) is 0. The molecule has 0 bridgehead atoms. The molecule has 36 valence electrons. The molecule has 0 saturated carbocycles. The molecule has 1 heteroatoms. The molecule has 0 unspecified atom stereocenters. The molecule has 0 aromatic carbocycles. The zero-order chi connectivity index (χ0) is 4.00. The minimum absolute atomic E-state index is 0. The first-order chi connectivity index (χ1) is 2.00. The molecule has 0 radical (unpaired) electrons. The van der Waals surface area contributed by atoms with Gasteiger partial charge >= 0.3 is 16.5 Å². The molecule has 0 saturated heterocycles. The van der Waals surface area contributed by atoms with Crippen molar-refractivity contribution in [2.45, 2.75) is 13.8 Å². The Kier molecular flexibility index (Phi) is 803. The van der Waals surface area contributed by atoms with Crippen molar-refractivity contribution in [2.75, 3.05) is 0 Å². The molecule has 0 aromatic heterocycles. The number of rotatable bonds is 0.